The Morgan fingerprint density at radius 1 is 0.447 bits per heavy atom. The van der Waals surface area contributed by atoms with E-state index in [0.29, 0.717) is 66.8 Å². The number of benzene rings is 7. The summed E-state index contributed by atoms with van der Waals surface area (Å²) in [7, 11) is -14.5. The fraction of sp³-hybridized carbons (Fsp3) is 0.475. The summed E-state index contributed by atoms with van der Waals surface area (Å²) in [6, 6.07) is 34.6. The van der Waals surface area contributed by atoms with Gasteiger partial charge in [-0.25, -0.2) is 43.2 Å². The minimum Gasteiger partial charge on any atom is -0.870 e. The minimum absolute atomic E-state index is 0. The smallest absolute Gasteiger partial charge is 0.870 e. The number of hydrogen-bond acceptors (Lipinski definition) is 20. The van der Waals surface area contributed by atoms with Crippen molar-refractivity contribution < 1.29 is 164 Å². The van der Waals surface area contributed by atoms with Gasteiger partial charge in [-0.3, -0.25) is 8.37 Å². The van der Waals surface area contributed by atoms with Crippen LogP contribution in [0.15, 0.2) is 138 Å². The summed E-state index contributed by atoms with van der Waals surface area (Å²) >= 11 is 22.0. The summed E-state index contributed by atoms with van der Waals surface area (Å²) in [5, 5.41) is 18.7. The zero-order valence-electron chi connectivity index (χ0n) is 63.1. The molecule has 6 aliphatic heterocycles. The molecule has 34 heteroatoms. The molecule has 0 spiro atoms. The van der Waals surface area contributed by atoms with E-state index in [1.807, 2.05) is 43.3 Å². The largest absolute Gasteiger partial charge is 1.00 e. The van der Waals surface area contributed by atoms with Gasteiger partial charge >= 0.3 is 51.4 Å². The Hall–Kier alpha value is -4.14. The van der Waals surface area contributed by atoms with Crippen LogP contribution < -0.4 is 65.6 Å². The Kier molecular flexibility index (Phi) is 35.4. The van der Waals surface area contributed by atoms with Crippen molar-refractivity contribution in [3.05, 3.63) is 222 Å². The van der Waals surface area contributed by atoms with Gasteiger partial charge in [0.15, 0.2) is 54.4 Å². The number of thiol groups is 1. The molecule has 0 saturated carbocycles. The van der Waals surface area contributed by atoms with Crippen molar-refractivity contribution in [1.82, 2.24) is 0 Å². The molecular formula is C80H92Cl3F6KO19S5. The van der Waals surface area contributed by atoms with Gasteiger partial charge in [0, 0.05) is 98.8 Å². The normalized spacial score (nSPS) is 22.7. The van der Waals surface area contributed by atoms with E-state index in [4.69, 9.17) is 77.6 Å². The molecule has 0 aromatic heterocycles. The van der Waals surface area contributed by atoms with Crippen LogP contribution in [-0.4, -0.2) is 169 Å². The van der Waals surface area contributed by atoms with Crippen LogP contribution in [0.5, 0.6) is 17.2 Å². The van der Waals surface area contributed by atoms with Crippen molar-refractivity contribution in [2.75, 3.05) is 101 Å². The monoisotopic (exact) mass is 1770 g/mol. The number of aliphatic hydroxyl groups is 2. The summed E-state index contributed by atoms with van der Waals surface area (Å²) in [5.74, 6) is -4.78. The number of ether oxygens (including phenoxy) is 6. The van der Waals surface area contributed by atoms with Crippen LogP contribution in [0.1, 0.15) is 96.7 Å². The molecule has 114 heavy (non-hydrogen) atoms. The van der Waals surface area contributed by atoms with Crippen LogP contribution in [0.3, 0.4) is 0 Å². The maximum Gasteiger partial charge on any atom is 1.00 e. The Morgan fingerprint density at radius 2 is 0.781 bits per heavy atom. The van der Waals surface area contributed by atoms with Crippen molar-refractivity contribution in [2.45, 2.75) is 123 Å². The minimum atomic E-state index is -3.94. The maximum absolute atomic E-state index is 15.4. The summed E-state index contributed by atoms with van der Waals surface area (Å²) in [5.41, 5.74) is 1.72. The van der Waals surface area contributed by atoms with Gasteiger partial charge in [-0.2, -0.15) is 29.5 Å². The average Bonchev–Trinajstić information content (AvgIpc) is 0.735. The van der Waals surface area contributed by atoms with E-state index >= 15 is 13.2 Å². The molecular weight excluding hydrogens is 1680 g/mol. The number of sulfone groups is 2. The quantitative estimate of drug-likeness (QED) is 0.0142. The molecule has 620 valence electrons. The van der Waals surface area contributed by atoms with Crippen molar-refractivity contribution in [3.63, 3.8) is 0 Å². The molecule has 0 bridgehead atoms. The first kappa shape index (κ1) is 95.3. The molecule has 3 N–H and O–H groups in total. The molecule has 9 atom stereocenters. The Labute approximate surface area is 726 Å². The van der Waals surface area contributed by atoms with Gasteiger partial charge in [-0.15, -0.1) is 0 Å². The van der Waals surface area contributed by atoms with Gasteiger partial charge in [0.2, 0.25) is 0 Å². The molecule has 0 radical (unpaired) electrons. The van der Waals surface area contributed by atoms with E-state index in [2.05, 4.69) is 16.8 Å². The van der Waals surface area contributed by atoms with Crippen LogP contribution in [0.4, 0.5) is 26.3 Å². The summed E-state index contributed by atoms with van der Waals surface area (Å²) in [4.78, 5) is 0.0761. The first-order valence-electron chi connectivity index (χ1n) is 36.7. The van der Waals surface area contributed by atoms with Gasteiger partial charge in [-0.1, -0.05) is 88.9 Å². The van der Waals surface area contributed by atoms with Crippen molar-refractivity contribution in [3.8, 4) is 17.2 Å². The summed E-state index contributed by atoms with van der Waals surface area (Å²) in [6.45, 7) is 2.69. The Bertz CT molecular complexity index is 4820. The zero-order chi connectivity index (χ0) is 80.8. The standard InChI is InChI=1S/C28H27ClF2O5S.C25H29ClF2O7S2.C24H27ClF2O5S.C3H8OS.K.H2O/c1-18-2-8-21(9-3-18)37(32,33)36-14-12-25-22-17-35-27-24(31)11-10-23(30)26(27)28(22,13-15-34-25)16-19-4-6-20(29)7-5-19;1-36(29,30)35-11-2-13-37(31,32)14-9-22-19-16-34-24-21(28)8-7-20(27)23(24)25(19,10-12-33-22)15-17-3-5-18(26)6-4-17;25-17-4-2-16(3-5-17)14-24-9-11-31-21(8-13-33(29,30)12-1-10-28)18(24)15-32-23-20(27)7-6-19(26)22(23)24;4-2-1-3-5;;/h2-11,22,25H,12-17H2,1H3;3-8,19,22H,2,9-16H2,1H3;2-7,18,21,28H,1,8-15H2;4-5H,1-3H2;;1H2/q;;;;+1;/p-1/t22-,25-,28-;19-,22-,25-;18-,21-,24-;;;/m000.../s1. The second kappa shape index (κ2) is 42.4. The van der Waals surface area contributed by atoms with Gasteiger partial charge in [0.05, 0.1) is 85.5 Å². The molecule has 6 aliphatic rings. The molecule has 19 nitrogen and oxygen atoms in total. The zero-order valence-corrected chi connectivity index (χ0v) is 72.7. The second-order valence-corrected chi connectivity index (χ2v) is 38.4. The van der Waals surface area contributed by atoms with Crippen LogP contribution in [0, 0.1) is 59.6 Å². The fourth-order valence-electron chi connectivity index (χ4n) is 16.2. The Balaban J connectivity index is 0.000000206. The molecule has 6 heterocycles. The first-order valence-corrected chi connectivity index (χ1v) is 45.4. The third kappa shape index (κ3) is 23.9. The van der Waals surface area contributed by atoms with E-state index in [9.17, 15) is 46.8 Å². The number of hydrogen-bond donors (Lipinski definition) is 3. The molecule has 0 aliphatic carbocycles. The number of rotatable bonds is 27. The summed E-state index contributed by atoms with van der Waals surface area (Å²) in [6.07, 6.45) is 3.50. The fourth-order valence-corrected chi connectivity index (χ4v) is 20.8. The van der Waals surface area contributed by atoms with E-state index in [0.717, 1.165) is 77.1 Å². The summed E-state index contributed by atoms with van der Waals surface area (Å²) < 4.78 is 233. The topological polar surface area (TPSA) is 281 Å². The number of fused-ring (bicyclic) bond motifs is 9. The maximum atomic E-state index is 15.4. The number of aliphatic hydroxyl groups excluding tert-OH is 2. The van der Waals surface area contributed by atoms with Crippen molar-refractivity contribution in [2.24, 2.45) is 17.8 Å². The van der Waals surface area contributed by atoms with E-state index in [1.54, 1.807) is 48.5 Å². The van der Waals surface area contributed by atoms with E-state index in [1.165, 1.54) is 12.1 Å². The average molecular weight is 1780 g/mol. The van der Waals surface area contributed by atoms with Crippen molar-refractivity contribution in [1.29, 1.82) is 0 Å². The van der Waals surface area contributed by atoms with Crippen LogP contribution in [0.25, 0.3) is 0 Å². The third-order valence-electron chi connectivity index (χ3n) is 21.5. The molecule has 7 aromatic rings. The molecule has 7 aromatic carbocycles. The molecule has 3 fully saturated rings. The predicted molar refractivity (Wildman–Crippen MR) is 420 cm³/mol. The Morgan fingerprint density at radius 3 is 1.11 bits per heavy atom. The molecule has 0 unspecified atom stereocenters. The van der Waals surface area contributed by atoms with Gasteiger partial charge < -0.3 is 44.1 Å². The van der Waals surface area contributed by atoms with Gasteiger partial charge in [-0.05, 0) is 191 Å². The third-order valence-corrected chi connectivity index (χ3v) is 28.0. The SMILES string of the molecule is CS(=O)(=O)OCCCS(=O)(=O)CC[C@@H]1OCC[C@@]2(Cc3ccc(Cl)cc3)c3c(F)ccc(F)c3OC[C@@H]12.Cc1ccc(S(=O)(=O)OCC[C@@H]2OCC[C@@]3(Cc4ccc(Cl)cc4)c4c(F)ccc(F)c4OC[C@@H]23)cc1.O=S(=O)(CCCO)CC[C@@H]1OCC[C@@]2(Cc3ccc(Cl)cc3)c3c(F)ccc(F)c3OC[C@@H]12.OCCCS.[K+].[OH-]. The van der Waals surface area contributed by atoms with Gasteiger partial charge in [0.1, 0.15) is 17.5 Å². The predicted octanol–water partition coefficient (Wildman–Crippen LogP) is 11.3. The van der Waals surface area contributed by atoms with E-state index < -0.39 is 115 Å². The first-order chi connectivity index (χ1) is 53.3. The number of aryl methyl sites for hydroxylation is 1. The van der Waals surface area contributed by atoms with Crippen LogP contribution >= 0.6 is 47.4 Å². The van der Waals surface area contributed by atoms with E-state index in [-0.39, 0.29) is 216 Å². The molecule has 13 rings (SSSR count). The number of halogens is 9. The molecule has 0 amide bonds. The van der Waals surface area contributed by atoms with Crippen LogP contribution in [0.2, 0.25) is 15.1 Å². The molecule has 3 saturated heterocycles. The van der Waals surface area contributed by atoms with Gasteiger partial charge in [0.25, 0.3) is 20.2 Å². The van der Waals surface area contributed by atoms with Crippen LogP contribution in [-0.2, 0) is 98.0 Å². The van der Waals surface area contributed by atoms with Crippen molar-refractivity contribution >= 4 is 87.3 Å². The second-order valence-electron chi connectivity index (χ2n) is 28.8.